The maximum Gasteiger partial charge on any atom is 0.178 e. The normalized spacial score (nSPS) is 24.1. The molecular weight excluding hydrogens is 262 g/mol. The van der Waals surface area contributed by atoms with E-state index in [0.29, 0.717) is 4.90 Å². The highest BCUT2D eigenvalue weighted by Gasteiger charge is 2.22. The fourth-order valence-electron chi connectivity index (χ4n) is 2.42. The van der Waals surface area contributed by atoms with Crippen LogP contribution in [0.5, 0.6) is 0 Å². The molecule has 2 rings (SSSR count). The lowest BCUT2D eigenvalue weighted by atomic mass is 9.92. The zero-order valence-electron chi connectivity index (χ0n) is 11.2. The number of nitrogens with one attached hydrogen (secondary N) is 1. The van der Waals surface area contributed by atoms with E-state index in [9.17, 15) is 13.5 Å². The van der Waals surface area contributed by atoms with Crippen LogP contribution in [-0.2, 0) is 9.84 Å². The first-order valence-corrected chi connectivity index (χ1v) is 8.45. The number of sulfone groups is 1. The van der Waals surface area contributed by atoms with Crippen LogP contribution >= 0.6 is 0 Å². The quantitative estimate of drug-likeness (QED) is 0.889. The number of hydrogen-bond donors (Lipinski definition) is 2. The van der Waals surface area contributed by atoms with Crippen molar-refractivity contribution in [2.45, 2.75) is 49.6 Å². The summed E-state index contributed by atoms with van der Waals surface area (Å²) in [5.74, 6) is 0.112. The van der Waals surface area contributed by atoms with Gasteiger partial charge >= 0.3 is 0 Å². The van der Waals surface area contributed by atoms with Gasteiger partial charge in [-0.25, -0.2) is 8.42 Å². The molecule has 0 amide bonds. The molecule has 5 heteroatoms. The van der Waals surface area contributed by atoms with Crippen LogP contribution < -0.4 is 5.32 Å². The summed E-state index contributed by atoms with van der Waals surface area (Å²) in [4.78, 5) is 0.352. The highest BCUT2D eigenvalue weighted by Crippen LogP contribution is 2.23. The first kappa shape index (κ1) is 14.3. The van der Waals surface area contributed by atoms with E-state index < -0.39 is 9.84 Å². The van der Waals surface area contributed by atoms with Gasteiger partial charge in [0.1, 0.15) is 0 Å². The molecule has 2 unspecified atom stereocenters. The van der Waals surface area contributed by atoms with Crippen molar-refractivity contribution in [1.82, 2.24) is 0 Å². The predicted molar refractivity (Wildman–Crippen MR) is 76.1 cm³/mol. The van der Waals surface area contributed by atoms with Crippen molar-refractivity contribution in [3.8, 4) is 0 Å². The van der Waals surface area contributed by atoms with Crippen LogP contribution in [0.1, 0.15) is 32.6 Å². The van der Waals surface area contributed by atoms with E-state index in [1.807, 2.05) is 0 Å². The summed E-state index contributed by atoms with van der Waals surface area (Å²) in [5, 5.41) is 13.2. The third-order valence-corrected chi connectivity index (χ3v) is 5.43. The summed E-state index contributed by atoms with van der Waals surface area (Å²) < 4.78 is 23.4. The summed E-state index contributed by atoms with van der Waals surface area (Å²) in [6.07, 6.45) is 3.67. The summed E-state index contributed by atoms with van der Waals surface area (Å²) in [5.41, 5.74) is 0.862. The molecule has 1 saturated carbocycles. The van der Waals surface area contributed by atoms with Crippen LogP contribution in [0.4, 0.5) is 5.69 Å². The van der Waals surface area contributed by atoms with Crippen LogP contribution in [0.2, 0.25) is 0 Å². The average molecular weight is 283 g/mol. The maximum atomic E-state index is 11.7. The number of aliphatic hydroxyl groups is 1. The Morgan fingerprint density at radius 3 is 2.42 bits per heavy atom. The maximum absolute atomic E-state index is 11.7. The molecule has 0 spiro atoms. The zero-order chi connectivity index (χ0) is 13.9. The lowest BCUT2D eigenvalue weighted by molar-refractivity contribution is 0.116. The minimum atomic E-state index is -3.14. The lowest BCUT2D eigenvalue weighted by Crippen LogP contribution is -2.36. The molecule has 1 aromatic rings. The van der Waals surface area contributed by atoms with Crippen molar-refractivity contribution in [3.05, 3.63) is 24.3 Å². The van der Waals surface area contributed by atoms with E-state index >= 15 is 0 Å². The minimum absolute atomic E-state index is 0.0717. The van der Waals surface area contributed by atoms with Gasteiger partial charge < -0.3 is 10.4 Å². The summed E-state index contributed by atoms with van der Waals surface area (Å²) in [6, 6.07) is 6.85. The molecule has 1 aliphatic carbocycles. The van der Waals surface area contributed by atoms with Crippen LogP contribution in [0.25, 0.3) is 0 Å². The molecule has 2 N–H and O–H groups in total. The van der Waals surface area contributed by atoms with Gasteiger partial charge in [0.15, 0.2) is 9.84 Å². The van der Waals surface area contributed by atoms with Crippen molar-refractivity contribution in [1.29, 1.82) is 0 Å². The fraction of sp³-hybridized carbons (Fsp3) is 0.571. The van der Waals surface area contributed by atoms with E-state index in [1.54, 1.807) is 31.2 Å². The molecule has 0 bridgehead atoms. The largest absolute Gasteiger partial charge is 0.391 e. The van der Waals surface area contributed by atoms with Crippen molar-refractivity contribution >= 4 is 15.5 Å². The van der Waals surface area contributed by atoms with Crippen LogP contribution in [0.3, 0.4) is 0 Å². The van der Waals surface area contributed by atoms with Gasteiger partial charge in [-0.3, -0.25) is 0 Å². The molecule has 106 valence electrons. The van der Waals surface area contributed by atoms with Gasteiger partial charge in [0.05, 0.1) is 22.8 Å². The molecule has 0 aliphatic heterocycles. The first-order valence-electron chi connectivity index (χ1n) is 6.80. The molecule has 2 atom stereocenters. The topological polar surface area (TPSA) is 66.4 Å². The number of anilines is 1. The van der Waals surface area contributed by atoms with Crippen molar-refractivity contribution in [3.63, 3.8) is 0 Å². The number of aliphatic hydroxyl groups excluding tert-OH is 1. The standard InChI is InChI=1S/C14H21NO3S/c1-2-19(17,18)12-9-7-11(8-10-12)15-13-5-3-4-6-14(13)16/h7-10,13-16H,2-6H2,1H3. The number of rotatable bonds is 4. The van der Waals surface area contributed by atoms with Crippen molar-refractivity contribution in [2.75, 3.05) is 11.1 Å². The zero-order valence-corrected chi connectivity index (χ0v) is 12.0. The molecule has 0 radical (unpaired) electrons. The minimum Gasteiger partial charge on any atom is -0.391 e. The Bertz CT molecular complexity index is 510. The van der Waals surface area contributed by atoms with E-state index in [4.69, 9.17) is 0 Å². The van der Waals surface area contributed by atoms with Gasteiger partial charge in [0.2, 0.25) is 0 Å². The molecule has 4 nitrogen and oxygen atoms in total. The molecule has 19 heavy (non-hydrogen) atoms. The molecule has 1 aliphatic rings. The second-order valence-corrected chi connectivity index (χ2v) is 7.31. The van der Waals surface area contributed by atoms with Gasteiger partial charge in [-0.2, -0.15) is 0 Å². The molecule has 1 fully saturated rings. The lowest BCUT2D eigenvalue weighted by Gasteiger charge is -2.29. The average Bonchev–Trinajstić information content (AvgIpc) is 2.42. The Balaban J connectivity index is 2.06. The Morgan fingerprint density at radius 2 is 1.84 bits per heavy atom. The third-order valence-electron chi connectivity index (χ3n) is 3.68. The van der Waals surface area contributed by atoms with E-state index in [0.717, 1.165) is 31.4 Å². The molecule has 0 heterocycles. The first-order chi connectivity index (χ1) is 9.03. The summed E-state index contributed by atoms with van der Waals surface area (Å²) >= 11 is 0. The number of benzene rings is 1. The van der Waals surface area contributed by atoms with Gasteiger partial charge in [-0.05, 0) is 37.1 Å². The van der Waals surface area contributed by atoms with Crippen LogP contribution in [0, 0.1) is 0 Å². The van der Waals surface area contributed by atoms with Gasteiger partial charge in [0.25, 0.3) is 0 Å². The van der Waals surface area contributed by atoms with E-state index in [2.05, 4.69) is 5.32 Å². The van der Waals surface area contributed by atoms with Crippen molar-refractivity contribution < 1.29 is 13.5 Å². The Kier molecular flexibility index (Phi) is 4.47. The van der Waals surface area contributed by atoms with Crippen molar-refractivity contribution in [2.24, 2.45) is 0 Å². The molecular formula is C14H21NO3S. The highest BCUT2D eigenvalue weighted by molar-refractivity contribution is 7.91. The SMILES string of the molecule is CCS(=O)(=O)c1ccc(NC2CCCCC2O)cc1. The molecule has 0 saturated heterocycles. The van der Waals surface area contributed by atoms with E-state index in [1.165, 1.54) is 0 Å². The fourth-order valence-corrected chi connectivity index (χ4v) is 3.30. The summed E-state index contributed by atoms with van der Waals surface area (Å²) in [7, 11) is -3.14. The molecule has 1 aromatic carbocycles. The Morgan fingerprint density at radius 1 is 1.21 bits per heavy atom. The predicted octanol–water partition coefficient (Wildman–Crippen LogP) is 2.20. The Hall–Kier alpha value is -1.07. The van der Waals surface area contributed by atoms with E-state index in [-0.39, 0.29) is 17.9 Å². The Labute approximate surface area is 114 Å². The van der Waals surface area contributed by atoms with Crippen LogP contribution in [0.15, 0.2) is 29.2 Å². The smallest absolute Gasteiger partial charge is 0.178 e. The second kappa shape index (κ2) is 5.92. The highest BCUT2D eigenvalue weighted by atomic mass is 32.2. The molecule has 0 aromatic heterocycles. The van der Waals surface area contributed by atoms with Crippen LogP contribution in [-0.4, -0.2) is 31.4 Å². The monoisotopic (exact) mass is 283 g/mol. The second-order valence-electron chi connectivity index (χ2n) is 5.03. The summed E-state index contributed by atoms with van der Waals surface area (Å²) in [6.45, 7) is 1.64. The number of hydrogen-bond acceptors (Lipinski definition) is 4. The van der Waals surface area contributed by atoms with Gasteiger partial charge in [-0.15, -0.1) is 0 Å². The van der Waals surface area contributed by atoms with Gasteiger partial charge in [0, 0.05) is 5.69 Å². The third kappa shape index (κ3) is 3.48. The van der Waals surface area contributed by atoms with Gasteiger partial charge in [-0.1, -0.05) is 19.8 Å².